The molecule has 1 fully saturated rings. The lowest BCUT2D eigenvalue weighted by Gasteiger charge is -2.18. The summed E-state index contributed by atoms with van der Waals surface area (Å²) >= 11 is 0. The van der Waals surface area contributed by atoms with Crippen molar-refractivity contribution in [3.63, 3.8) is 0 Å². The second kappa shape index (κ2) is 4.35. The first-order chi connectivity index (χ1) is 7.74. The van der Waals surface area contributed by atoms with Crippen molar-refractivity contribution in [2.45, 2.75) is 13.3 Å². The molecule has 1 saturated heterocycles. The van der Waals surface area contributed by atoms with Gasteiger partial charge in [0.15, 0.2) is 0 Å². The van der Waals surface area contributed by atoms with Crippen LogP contribution in [0.4, 0.5) is 5.69 Å². The summed E-state index contributed by atoms with van der Waals surface area (Å²) in [4.78, 5) is 24.3. The molecule has 1 aromatic rings. The highest BCUT2D eigenvalue weighted by Gasteiger charge is 2.31. The predicted molar refractivity (Wildman–Crippen MR) is 59.6 cm³/mol. The van der Waals surface area contributed by atoms with Crippen molar-refractivity contribution in [1.82, 2.24) is 0 Å². The van der Waals surface area contributed by atoms with Gasteiger partial charge in [-0.15, -0.1) is 0 Å². The number of benzene rings is 1. The number of Topliss-reactive ketones (excluding diaryl/α,β-unsaturated/α-hetero) is 1. The molecule has 0 atom stereocenters. The van der Waals surface area contributed by atoms with E-state index < -0.39 is 5.91 Å². The summed E-state index contributed by atoms with van der Waals surface area (Å²) in [5.74, 6) is -0.119. The monoisotopic (exact) mass is 219 g/mol. The van der Waals surface area contributed by atoms with Gasteiger partial charge in [-0.2, -0.15) is 0 Å². The first kappa shape index (κ1) is 10.7. The van der Waals surface area contributed by atoms with Gasteiger partial charge in [-0.3, -0.25) is 9.59 Å². The van der Waals surface area contributed by atoms with Crippen molar-refractivity contribution in [3.8, 4) is 5.75 Å². The van der Waals surface area contributed by atoms with E-state index in [4.69, 9.17) is 4.74 Å². The molecule has 4 heteroatoms. The lowest BCUT2D eigenvalue weighted by molar-refractivity contribution is -0.133. The molecule has 0 aromatic heterocycles. The van der Waals surface area contributed by atoms with Crippen LogP contribution in [0.2, 0.25) is 0 Å². The molecule has 1 aliphatic heterocycles. The summed E-state index contributed by atoms with van der Waals surface area (Å²) in [6.07, 6.45) is 0.291. The van der Waals surface area contributed by atoms with Crippen LogP contribution in [0.3, 0.4) is 0 Å². The van der Waals surface area contributed by atoms with Crippen LogP contribution in [-0.2, 0) is 9.59 Å². The Morgan fingerprint density at radius 1 is 1.31 bits per heavy atom. The van der Waals surface area contributed by atoms with E-state index >= 15 is 0 Å². The molecule has 0 N–H and O–H groups in total. The topological polar surface area (TPSA) is 46.6 Å². The van der Waals surface area contributed by atoms with Crippen molar-refractivity contribution in [1.29, 1.82) is 0 Å². The lowest BCUT2D eigenvalue weighted by Crippen LogP contribution is -2.27. The van der Waals surface area contributed by atoms with Gasteiger partial charge in [0.2, 0.25) is 5.78 Å². The van der Waals surface area contributed by atoms with Gasteiger partial charge in [-0.1, -0.05) is 12.1 Å². The summed E-state index contributed by atoms with van der Waals surface area (Å²) in [5, 5.41) is 0. The number of carbonyl (C=O) groups is 2. The van der Waals surface area contributed by atoms with Crippen LogP contribution >= 0.6 is 0 Å². The van der Waals surface area contributed by atoms with Gasteiger partial charge in [-0.05, 0) is 19.1 Å². The van der Waals surface area contributed by atoms with Gasteiger partial charge in [0.25, 0.3) is 5.91 Å². The minimum Gasteiger partial charge on any atom is -0.492 e. The van der Waals surface area contributed by atoms with Gasteiger partial charge < -0.3 is 9.64 Å². The van der Waals surface area contributed by atoms with Crippen LogP contribution in [0.1, 0.15) is 13.3 Å². The van der Waals surface area contributed by atoms with E-state index in [1.165, 1.54) is 4.90 Å². The first-order valence-electron chi connectivity index (χ1n) is 5.30. The third-order valence-corrected chi connectivity index (χ3v) is 2.50. The normalized spacial score (nSPS) is 15.7. The number of anilines is 1. The van der Waals surface area contributed by atoms with E-state index in [9.17, 15) is 9.59 Å². The maximum atomic E-state index is 11.6. The Balaban J connectivity index is 2.33. The zero-order valence-corrected chi connectivity index (χ0v) is 9.10. The van der Waals surface area contributed by atoms with Crippen LogP contribution in [0.15, 0.2) is 24.3 Å². The van der Waals surface area contributed by atoms with E-state index in [0.717, 1.165) is 0 Å². The number of ether oxygens (including phenoxy) is 1. The number of nitrogens with zero attached hydrogens (tertiary/aromatic N) is 1. The molecule has 84 valence electrons. The largest absolute Gasteiger partial charge is 0.492 e. The zero-order valence-electron chi connectivity index (χ0n) is 9.10. The summed E-state index contributed by atoms with van der Waals surface area (Å²) in [7, 11) is 0. The predicted octanol–water partition coefficient (Wildman–Crippen LogP) is 1.39. The number of carbonyl (C=O) groups excluding carboxylic acids is 2. The lowest BCUT2D eigenvalue weighted by atomic mass is 10.2. The number of amides is 1. The molecule has 0 unspecified atom stereocenters. The SMILES string of the molecule is CCOc1ccccc1N1CCC(=O)C1=O. The number of para-hydroxylation sites is 2. The number of ketones is 1. The van der Waals surface area contributed by atoms with Crippen molar-refractivity contribution < 1.29 is 14.3 Å². The number of hydrogen-bond acceptors (Lipinski definition) is 3. The molecule has 0 saturated carbocycles. The molecule has 0 radical (unpaired) electrons. The summed E-state index contributed by atoms with van der Waals surface area (Å²) in [6.45, 7) is 2.86. The highest BCUT2D eigenvalue weighted by atomic mass is 16.5. The van der Waals surface area contributed by atoms with Crippen LogP contribution in [0.5, 0.6) is 5.75 Å². The van der Waals surface area contributed by atoms with Crippen molar-refractivity contribution in [3.05, 3.63) is 24.3 Å². The van der Waals surface area contributed by atoms with Crippen molar-refractivity contribution in [2.75, 3.05) is 18.1 Å². The molecule has 1 heterocycles. The van der Waals surface area contributed by atoms with Gasteiger partial charge in [0.1, 0.15) is 5.75 Å². The smallest absolute Gasteiger partial charge is 0.294 e. The van der Waals surface area contributed by atoms with Crippen LogP contribution < -0.4 is 9.64 Å². The van der Waals surface area contributed by atoms with E-state index in [-0.39, 0.29) is 5.78 Å². The second-order valence-electron chi connectivity index (χ2n) is 3.53. The van der Waals surface area contributed by atoms with Gasteiger partial charge in [-0.25, -0.2) is 0 Å². The highest BCUT2D eigenvalue weighted by molar-refractivity contribution is 6.43. The molecule has 2 rings (SSSR count). The van der Waals surface area contributed by atoms with Crippen LogP contribution in [0.25, 0.3) is 0 Å². The maximum absolute atomic E-state index is 11.6. The third kappa shape index (κ3) is 1.78. The molecule has 0 bridgehead atoms. The fourth-order valence-electron chi connectivity index (χ4n) is 1.76. The molecule has 1 amide bonds. The Morgan fingerprint density at radius 3 is 2.69 bits per heavy atom. The van der Waals surface area contributed by atoms with Gasteiger partial charge >= 0.3 is 0 Å². The molecule has 0 aliphatic carbocycles. The molecule has 4 nitrogen and oxygen atoms in total. The van der Waals surface area contributed by atoms with Crippen molar-refractivity contribution in [2.24, 2.45) is 0 Å². The second-order valence-corrected chi connectivity index (χ2v) is 3.53. The number of hydrogen-bond donors (Lipinski definition) is 0. The Hall–Kier alpha value is -1.84. The average Bonchev–Trinajstić information content (AvgIpc) is 2.61. The molecule has 1 aliphatic rings. The Kier molecular flexibility index (Phi) is 2.90. The van der Waals surface area contributed by atoms with Crippen molar-refractivity contribution >= 4 is 17.4 Å². The first-order valence-corrected chi connectivity index (χ1v) is 5.30. The fraction of sp³-hybridized carbons (Fsp3) is 0.333. The van der Waals surface area contributed by atoms with Gasteiger partial charge in [0.05, 0.1) is 12.3 Å². The maximum Gasteiger partial charge on any atom is 0.294 e. The molecular formula is C12H13NO3. The Morgan fingerprint density at radius 2 is 2.06 bits per heavy atom. The minimum absolute atomic E-state index is 0.291. The Bertz CT molecular complexity index is 428. The summed E-state index contributed by atoms with van der Waals surface area (Å²) < 4.78 is 5.43. The number of rotatable bonds is 3. The molecule has 1 aromatic carbocycles. The quantitative estimate of drug-likeness (QED) is 0.722. The highest BCUT2D eigenvalue weighted by Crippen LogP contribution is 2.30. The van der Waals surface area contributed by atoms with E-state index in [1.807, 2.05) is 19.1 Å². The van der Waals surface area contributed by atoms with E-state index in [1.54, 1.807) is 12.1 Å². The van der Waals surface area contributed by atoms with E-state index in [0.29, 0.717) is 31.0 Å². The summed E-state index contributed by atoms with van der Waals surface area (Å²) in [6, 6.07) is 7.27. The van der Waals surface area contributed by atoms with Gasteiger partial charge in [0, 0.05) is 13.0 Å². The Labute approximate surface area is 93.8 Å². The molecule has 16 heavy (non-hydrogen) atoms. The van der Waals surface area contributed by atoms with Crippen LogP contribution in [-0.4, -0.2) is 24.8 Å². The minimum atomic E-state index is -0.438. The third-order valence-electron chi connectivity index (χ3n) is 2.50. The standard InChI is InChI=1S/C12H13NO3/c1-2-16-11-6-4-3-5-9(11)13-8-7-10(14)12(13)15/h3-6H,2,7-8H2,1H3. The van der Waals surface area contributed by atoms with E-state index in [2.05, 4.69) is 0 Å². The van der Waals surface area contributed by atoms with Crippen LogP contribution in [0, 0.1) is 0 Å². The zero-order chi connectivity index (χ0) is 11.5. The fourth-order valence-corrected chi connectivity index (χ4v) is 1.76. The average molecular weight is 219 g/mol. The molecular weight excluding hydrogens is 206 g/mol. The summed E-state index contributed by atoms with van der Waals surface area (Å²) in [5.41, 5.74) is 0.681. The molecule has 0 spiro atoms.